The zero-order chi connectivity index (χ0) is 25.0. The van der Waals surface area contributed by atoms with Crippen LogP contribution in [0.25, 0.3) is 11.2 Å². The normalized spacial score (nSPS) is 22.9. The van der Waals surface area contributed by atoms with Crippen LogP contribution in [0, 0.1) is 0 Å². The van der Waals surface area contributed by atoms with E-state index in [9.17, 15) is 10.0 Å². The molecule has 9 nitrogen and oxygen atoms in total. The minimum absolute atomic E-state index is 0.0609. The summed E-state index contributed by atoms with van der Waals surface area (Å²) in [5.74, 6) is 0. The Balaban J connectivity index is 1.90. The van der Waals surface area contributed by atoms with Crippen molar-refractivity contribution in [3.63, 3.8) is 0 Å². The lowest BCUT2D eigenvalue weighted by atomic mass is 10.2. The second-order valence-electron chi connectivity index (χ2n) is 12.1. The smallest absolute Gasteiger partial charge is 0.314 e. The molecule has 0 amide bonds. The quantitative estimate of drug-likeness (QED) is 0.463. The molecule has 1 saturated heterocycles. The molecule has 186 valence electrons. The summed E-state index contributed by atoms with van der Waals surface area (Å²) in [4.78, 5) is 20.6. The van der Waals surface area contributed by atoms with Crippen molar-refractivity contribution in [2.75, 3.05) is 6.61 Å². The molecule has 0 aromatic carbocycles. The Morgan fingerprint density at radius 3 is 2.24 bits per heavy atom. The molecule has 2 aromatic rings. The van der Waals surface area contributed by atoms with Gasteiger partial charge in [-0.2, -0.15) is 0 Å². The van der Waals surface area contributed by atoms with Crippen molar-refractivity contribution in [2.24, 2.45) is 0 Å². The van der Waals surface area contributed by atoms with E-state index >= 15 is 0 Å². The van der Waals surface area contributed by atoms with Gasteiger partial charge in [-0.05, 0) is 36.3 Å². The summed E-state index contributed by atoms with van der Waals surface area (Å²) in [5, 5.41) is 9.78. The van der Waals surface area contributed by atoms with Gasteiger partial charge in [0.25, 0.3) is 0 Å². The van der Waals surface area contributed by atoms with Crippen molar-refractivity contribution >= 4 is 27.8 Å². The average Bonchev–Trinajstić information content (AvgIpc) is 3.25. The maximum absolute atomic E-state index is 12.2. The summed E-state index contributed by atoms with van der Waals surface area (Å²) in [5.41, 5.74) is -0.123. The SMILES string of the molecule is CC(C)(C)[Si](C)(C)OC[C@H]1O[C@@H](n2cnc3c(=O)n(O)cnc32)C[C@@H]1O[Si](C)(C)C(C)(C)C. The highest BCUT2D eigenvalue weighted by Crippen LogP contribution is 2.42. The molecule has 3 rings (SSSR count). The summed E-state index contributed by atoms with van der Waals surface area (Å²) >= 11 is 0. The molecule has 1 aliphatic heterocycles. The van der Waals surface area contributed by atoms with Gasteiger partial charge in [0.05, 0.1) is 19.0 Å². The maximum Gasteiger partial charge on any atom is 0.314 e. The Hall–Kier alpha value is -1.54. The van der Waals surface area contributed by atoms with E-state index in [4.69, 9.17) is 13.6 Å². The topological polar surface area (TPSA) is 101 Å². The van der Waals surface area contributed by atoms with Crippen molar-refractivity contribution in [1.29, 1.82) is 0 Å². The van der Waals surface area contributed by atoms with Gasteiger partial charge in [-0.25, -0.2) is 9.97 Å². The van der Waals surface area contributed by atoms with E-state index < -0.39 is 22.2 Å². The highest BCUT2D eigenvalue weighted by atomic mass is 28.4. The standard InChI is InChI=1S/C22H40N4O5Si2/c1-21(2,3)32(7,8)29-12-16-15(31-33(9,10)22(4,5)6)11-17(30-16)25-13-23-18-19(25)24-14-26(28)20(18)27/h13-17,28H,11-12H2,1-10H3/t15-,16+,17+/m0/s1. The summed E-state index contributed by atoms with van der Waals surface area (Å²) in [6.07, 6.45) is 2.46. The van der Waals surface area contributed by atoms with Crippen molar-refractivity contribution in [2.45, 2.75) is 103 Å². The number of hydrogen-bond donors (Lipinski definition) is 1. The van der Waals surface area contributed by atoms with E-state index in [1.54, 1.807) is 10.9 Å². The predicted octanol–water partition coefficient (Wildman–Crippen LogP) is 4.53. The van der Waals surface area contributed by atoms with Crippen LogP contribution in [0.15, 0.2) is 17.4 Å². The molecule has 1 aliphatic rings. The third-order valence-electron chi connectivity index (χ3n) is 7.63. The molecule has 0 bridgehead atoms. The number of fused-ring (bicyclic) bond motifs is 1. The van der Waals surface area contributed by atoms with E-state index in [1.807, 2.05) is 0 Å². The Morgan fingerprint density at radius 1 is 1.06 bits per heavy atom. The van der Waals surface area contributed by atoms with Gasteiger partial charge in [0.2, 0.25) is 0 Å². The molecule has 0 aliphatic carbocycles. The Kier molecular flexibility index (Phi) is 6.79. The zero-order valence-electron chi connectivity index (χ0n) is 21.7. The molecule has 0 spiro atoms. The minimum atomic E-state index is -2.06. The molecule has 0 saturated carbocycles. The maximum atomic E-state index is 12.2. The van der Waals surface area contributed by atoms with E-state index in [-0.39, 0.29) is 34.0 Å². The number of rotatable bonds is 6. The monoisotopic (exact) mass is 496 g/mol. The van der Waals surface area contributed by atoms with Gasteiger partial charge >= 0.3 is 5.56 Å². The molecular weight excluding hydrogens is 456 g/mol. The van der Waals surface area contributed by atoms with Gasteiger partial charge < -0.3 is 18.8 Å². The molecular formula is C22H40N4O5Si2. The first-order valence-corrected chi connectivity index (χ1v) is 17.4. The van der Waals surface area contributed by atoms with Crippen LogP contribution in [0.1, 0.15) is 54.2 Å². The highest BCUT2D eigenvalue weighted by molar-refractivity contribution is 6.74. The van der Waals surface area contributed by atoms with E-state index in [1.165, 1.54) is 0 Å². The van der Waals surface area contributed by atoms with Gasteiger partial charge in [0.15, 0.2) is 27.8 Å². The second-order valence-corrected chi connectivity index (χ2v) is 21.6. The number of imidazole rings is 1. The molecule has 33 heavy (non-hydrogen) atoms. The van der Waals surface area contributed by atoms with Crippen LogP contribution < -0.4 is 5.56 Å². The van der Waals surface area contributed by atoms with Crippen LogP contribution >= 0.6 is 0 Å². The first-order valence-electron chi connectivity index (χ1n) is 11.6. The molecule has 3 atom stereocenters. The van der Waals surface area contributed by atoms with Gasteiger partial charge in [-0.3, -0.25) is 9.36 Å². The van der Waals surface area contributed by atoms with Crippen LogP contribution in [-0.4, -0.2) is 59.9 Å². The molecule has 2 aromatic heterocycles. The average molecular weight is 497 g/mol. The molecule has 0 unspecified atom stereocenters. The second kappa shape index (κ2) is 8.60. The van der Waals surface area contributed by atoms with Crippen molar-refractivity contribution in [3.8, 4) is 0 Å². The lowest BCUT2D eigenvalue weighted by molar-refractivity contribution is -0.0384. The van der Waals surface area contributed by atoms with Crippen LogP contribution in [-0.2, 0) is 13.6 Å². The molecule has 3 heterocycles. The van der Waals surface area contributed by atoms with E-state index in [0.29, 0.717) is 23.4 Å². The molecule has 0 radical (unpaired) electrons. The van der Waals surface area contributed by atoms with Gasteiger partial charge in [-0.1, -0.05) is 41.5 Å². The van der Waals surface area contributed by atoms with Gasteiger partial charge in [0, 0.05) is 6.42 Å². The predicted molar refractivity (Wildman–Crippen MR) is 133 cm³/mol. The highest BCUT2D eigenvalue weighted by Gasteiger charge is 2.46. The number of nitrogens with zero attached hydrogens (tertiary/aromatic N) is 4. The molecule has 1 N–H and O–H groups in total. The Labute approximate surface area is 198 Å². The lowest BCUT2D eigenvalue weighted by Gasteiger charge is -2.40. The largest absolute Gasteiger partial charge is 0.424 e. The van der Waals surface area contributed by atoms with Gasteiger partial charge in [-0.15, -0.1) is 4.73 Å². The van der Waals surface area contributed by atoms with Gasteiger partial charge in [0.1, 0.15) is 18.7 Å². The minimum Gasteiger partial charge on any atom is -0.424 e. The number of hydrogen-bond acceptors (Lipinski definition) is 7. The fourth-order valence-corrected chi connectivity index (χ4v) is 5.69. The molecule has 1 fully saturated rings. The third-order valence-corrected chi connectivity index (χ3v) is 16.6. The number of aromatic nitrogens is 4. The van der Waals surface area contributed by atoms with E-state index in [0.717, 1.165) is 6.33 Å². The van der Waals surface area contributed by atoms with Crippen molar-refractivity contribution in [1.82, 2.24) is 19.3 Å². The van der Waals surface area contributed by atoms with Crippen LogP contribution in [0.4, 0.5) is 0 Å². The first-order chi connectivity index (χ1) is 14.9. The molecule has 11 heteroatoms. The fraction of sp³-hybridized carbons (Fsp3) is 0.773. The third kappa shape index (κ3) is 5.12. The van der Waals surface area contributed by atoms with Crippen molar-refractivity contribution < 1.29 is 18.8 Å². The summed E-state index contributed by atoms with van der Waals surface area (Å²) < 4.78 is 22.0. The number of ether oxygens (including phenoxy) is 1. The van der Waals surface area contributed by atoms with Crippen LogP contribution in [0.2, 0.25) is 36.3 Å². The summed E-state index contributed by atoms with van der Waals surface area (Å²) in [7, 11) is -4.03. The summed E-state index contributed by atoms with van der Waals surface area (Å²) in [6.45, 7) is 22.7. The first kappa shape index (κ1) is 26.1. The fourth-order valence-electron chi connectivity index (χ4n) is 3.32. The zero-order valence-corrected chi connectivity index (χ0v) is 23.7. The lowest BCUT2D eigenvalue weighted by Crippen LogP contribution is -2.48. The Bertz CT molecular complexity index is 1050. The summed E-state index contributed by atoms with van der Waals surface area (Å²) in [6, 6.07) is 0. The van der Waals surface area contributed by atoms with Crippen LogP contribution in [0.5, 0.6) is 0 Å². The Morgan fingerprint density at radius 2 is 1.67 bits per heavy atom. The van der Waals surface area contributed by atoms with E-state index in [2.05, 4.69) is 77.7 Å². The van der Waals surface area contributed by atoms with Crippen molar-refractivity contribution in [3.05, 3.63) is 23.0 Å². The van der Waals surface area contributed by atoms with Crippen LogP contribution in [0.3, 0.4) is 0 Å².